The van der Waals surface area contributed by atoms with E-state index in [2.05, 4.69) is 28.5 Å². The maximum Gasteiger partial charge on any atom is 0.220 e. The zero-order chi connectivity index (χ0) is 18.4. The van der Waals surface area contributed by atoms with E-state index in [1.165, 1.54) is 10.9 Å². The predicted octanol–water partition coefficient (Wildman–Crippen LogP) is 2.93. The molecule has 0 aliphatic rings. The molecule has 26 heavy (non-hydrogen) atoms. The molecule has 0 spiro atoms. The molecule has 4 N–H and O–H groups in total. The van der Waals surface area contributed by atoms with Gasteiger partial charge in [-0.15, -0.1) is 0 Å². The van der Waals surface area contributed by atoms with Crippen LogP contribution in [0.4, 0.5) is 0 Å². The van der Waals surface area contributed by atoms with Crippen LogP contribution in [0.2, 0.25) is 0 Å². The summed E-state index contributed by atoms with van der Waals surface area (Å²) >= 11 is 0. The van der Waals surface area contributed by atoms with E-state index >= 15 is 0 Å². The van der Waals surface area contributed by atoms with Gasteiger partial charge in [0.25, 0.3) is 0 Å². The number of methoxy groups -OCH3 is 1. The minimum atomic E-state index is 0.0529. The van der Waals surface area contributed by atoms with Gasteiger partial charge in [0.2, 0.25) is 5.91 Å². The predicted molar refractivity (Wildman–Crippen MR) is 104 cm³/mol. The first-order valence-corrected chi connectivity index (χ1v) is 8.88. The normalized spacial score (nSPS) is 10.8. The Balaban J connectivity index is 1.53. The summed E-state index contributed by atoms with van der Waals surface area (Å²) < 4.78 is 5.13. The average molecular weight is 351 g/mol. The second-order valence-electron chi connectivity index (χ2n) is 6.36. The van der Waals surface area contributed by atoms with E-state index in [1.54, 1.807) is 7.11 Å². The molecule has 0 saturated heterocycles. The van der Waals surface area contributed by atoms with Crippen molar-refractivity contribution < 1.29 is 9.53 Å². The molecule has 136 valence electrons. The maximum absolute atomic E-state index is 12.1. The van der Waals surface area contributed by atoms with Crippen LogP contribution in [-0.2, 0) is 24.2 Å². The van der Waals surface area contributed by atoms with Crippen LogP contribution in [0.15, 0.2) is 48.7 Å². The van der Waals surface area contributed by atoms with E-state index < -0.39 is 0 Å². The summed E-state index contributed by atoms with van der Waals surface area (Å²) in [4.78, 5) is 15.4. The molecule has 0 bridgehead atoms. The van der Waals surface area contributed by atoms with Crippen molar-refractivity contribution in [1.82, 2.24) is 10.3 Å². The quantitative estimate of drug-likeness (QED) is 0.584. The standard InChI is InChI=1S/C21H25N3O2/c1-26-18-6-2-16(3-7-18)13-24-21(25)9-5-15-4-8-20-19(12-15)17(10-11-22)14-23-20/h2-4,6-8,12,14,23H,5,9-11,13,22H2,1H3,(H,24,25). The number of hydrogen-bond acceptors (Lipinski definition) is 3. The maximum atomic E-state index is 12.1. The SMILES string of the molecule is COc1ccc(CNC(=O)CCc2ccc3[nH]cc(CCN)c3c2)cc1. The first-order chi connectivity index (χ1) is 12.7. The fourth-order valence-corrected chi connectivity index (χ4v) is 3.03. The van der Waals surface area contributed by atoms with Crippen LogP contribution in [0.1, 0.15) is 23.1 Å². The highest BCUT2D eigenvalue weighted by molar-refractivity contribution is 5.84. The Morgan fingerprint density at radius 3 is 2.62 bits per heavy atom. The van der Waals surface area contributed by atoms with Gasteiger partial charge in [0.1, 0.15) is 5.75 Å². The van der Waals surface area contributed by atoms with Gasteiger partial charge >= 0.3 is 0 Å². The fraction of sp³-hybridized carbons (Fsp3) is 0.286. The summed E-state index contributed by atoms with van der Waals surface area (Å²) in [5, 5.41) is 4.17. The van der Waals surface area contributed by atoms with Crippen LogP contribution < -0.4 is 15.8 Å². The zero-order valence-electron chi connectivity index (χ0n) is 15.0. The van der Waals surface area contributed by atoms with Gasteiger partial charge in [0, 0.05) is 30.1 Å². The van der Waals surface area contributed by atoms with Gasteiger partial charge in [-0.05, 0) is 60.3 Å². The van der Waals surface area contributed by atoms with E-state index in [9.17, 15) is 4.79 Å². The van der Waals surface area contributed by atoms with E-state index in [0.29, 0.717) is 19.5 Å². The van der Waals surface area contributed by atoms with E-state index in [1.807, 2.05) is 30.5 Å². The molecule has 0 saturated carbocycles. The Labute approximate surface area is 153 Å². The van der Waals surface area contributed by atoms with Crippen molar-refractivity contribution in [2.24, 2.45) is 5.73 Å². The number of nitrogens with two attached hydrogens (primary N) is 1. The molecule has 0 atom stereocenters. The monoisotopic (exact) mass is 351 g/mol. The lowest BCUT2D eigenvalue weighted by Crippen LogP contribution is -2.22. The molecule has 0 aliphatic carbocycles. The molecule has 5 nitrogen and oxygen atoms in total. The Bertz CT molecular complexity index is 869. The Morgan fingerprint density at radius 2 is 1.88 bits per heavy atom. The second kappa shape index (κ2) is 8.54. The van der Waals surface area contributed by atoms with Crippen molar-refractivity contribution in [3.05, 3.63) is 65.4 Å². The molecule has 0 radical (unpaired) electrons. The van der Waals surface area contributed by atoms with Crippen molar-refractivity contribution in [3.63, 3.8) is 0 Å². The summed E-state index contributed by atoms with van der Waals surface area (Å²) in [6.45, 7) is 1.16. The Morgan fingerprint density at radius 1 is 1.12 bits per heavy atom. The number of hydrogen-bond donors (Lipinski definition) is 3. The molecule has 1 aromatic heterocycles. The highest BCUT2D eigenvalue weighted by Crippen LogP contribution is 2.21. The first kappa shape index (κ1) is 18.0. The third-order valence-electron chi connectivity index (χ3n) is 4.53. The topological polar surface area (TPSA) is 80.1 Å². The molecular formula is C21H25N3O2. The summed E-state index contributed by atoms with van der Waals surface area (Å²) in [7, 11) is 1.64. The number of rotatable bonds is 8. The number of H-pyrrole nitrogens is 1. The van der Waals surface area contributed by atoms with Crippen molar-refractivity contribution in [2.45, 2.75) is 25.8 Å². The molecule has 5 heteroatoms. The minimum absolute atomic E-state index is 0.0529. The second-order valence-corrected chi connectivity index (χ2v) is 6.36. The number of aryl methyl sites for hydroxylation is 1. The smallest absolute Gasteiger partial charge is 0.220 e. The van der Waals surface area contributed by atoms with Gasteiger partial charge in [-0.25, -0.2) is 0 Å². The van der Waals surface area contributed by atoms with E-state index in [0.717, 1.165) is 35.2 Å². The number of fused-ring (bicyclic) bond motifs is 1. The average Bonchev–Trinajstić information content (AvgIpc) is 3.07. The summed E-state index contributed by atoms with van der Waals surface area (Å²) in [6.07, 6.45) is 4.06. The van der Waals surface area contributed by atoms with Crippen LogP contribution in [0.25, 0.3) is 10.9 Å². The molecule has 1 heterocycles. The summed E-state index contributed by atoms with van der Waals surface area (Å²) in [5.41, 5.74) is 10.2. The minimum Gasteiger partial charge on any atom is -0.497 e. The van der Waals surface area contributed by atoms with Crippen LogP contribution in [-0.4, -0.2) is 24.5 Å². The molecule has 0 fully saturated rings. The number of nitrogens with one attached hydrogen (secondary N) is 2. The number of amides is 1. The fourth-order valence-electron chi connectivity index (χ4n) is 3.03. The van der Waals surface area contributed by atoms with E-state index in [4.69, 9.17) is 10.5 Å². The Kier molecular flexibility index (Phi) is 5.92. The molecule has 3 aromatic rings. The molecule has 3 rings (SSSR count). The van der Waals surface area contributed by atoms with Crippen LogP contribution in [0, 0.1) is 0 Å². The van der Waals surface area contributed by atoms with Crippen molar-refractivity contribution in [3.8, 4) is 5.75 Å². The van der Waals surface area contributed by atoms with Gasteiger partial charge in [-0.3, -0.25) is 4.79 Å². The lowest BCUT2D eigenvalue weighted by Gasteiger charge is -2.07. The van der Waals surface area contributed by atoms with Gasteiger partial charge in [0.15, 0.2) is 0 Å². The number of benzene rings is 2. The van der Waals surface area contributed by atoms with Crippen LogP contribution >= 0.6 is 0 Å². The van der Waals surface area contributed by atoms with Crippen LogP contribution in [0.5, 0.6) is 5.75 Å². The number of aromatic nitrogens is 1. The highest BCUT2D eigenvalue weighted by Gasteiger charge is 2.07. The lowest BCUT2D eigenvalue weighted by molar-refractivity contribution is -0.121. The van der Waals surface area contributed by atoms with Crippen molar-refractivity contribution in [2.75, 3.05) is 13.7 Å². The highest BCUT2D eigenvalue weighted by atomic mass is 16.5. The van der Waals surface area contributed by atoms with Crippen LogP contribution in [0.3, 0.4) is 0 Å². The third-order valence-corrected chi connectivity index (χ3v) is 4.53. The molecular weight excluding hydrogens is 326 g/mol. The van der Waals surface area contributed by atoms with Gasteiger partial charge in [-0.1, -0.05) is 18.2 Å². The third kappa shape index (κ3) is 4.43. The van der Waals surface area contributed by atoms with Gasteiger partial charge in [-0.2, -0.15) is 0 Å². The summed E-state index contributed by atoms with van der Waals surface area (Å²) in [6, 6.07) is 14.0. The van der Waals surface area contributed by atoms with Crippen molar-refractivity contribution in [1.29, 1.82) is 0 Å². The lowest BCUT2D eigenvalue weighted by atomic mass is 10.0. The zero-order valence-corrected chi connectivity index (χ0v) is 15.0. The summed E-state index contributed by atoms with van der Waals surface area (Å²) in [5.74, 6) is 0.867. The number of carbonyl (C=O) groups is 1. The number of carbonyl (C=O) groups excluding carboxylic acids is 1. The largest absolute Gasteiger partial charge is 0.497 e. The Hall–Kier alpha value is -2.79. The van der Waals surface area contributed by atoms with Gasteiger partial charge < -0.3 is 20.8 Å². The molecule has 0 unspecified atom stereocenters. The molecule has 2 aromatic carbocycles. The van der Waals surface area contributed by atoms with E-state index in [-0.39, 0.29) is 5.91 Å². The van der Waals surface area contributed by atoms with Crippen molar-refractivity contribution >= 4 is 16.8 Å². The molecule has 1 amide bonds. The van der Waals surface area contributed by atoms with Gasteiger partial charge in [0.05, 0.1) is 7.11 Å². The number of ether oxygens (including phenoxy) is 1. The number of aromatic amines is 1. The molecule has 0 aliphatic heterocycles. The first-order valence-electron chi connectivity index (χ1n) is 8.88.